The van der Waals surface area contributed by atoms with Crippen molar-refractivity contribution in [2.45, 2.75) is 71.4 Å². The summed E-state index contributed by atoms with van der Waals surface area (Å²) in [4.78, 5) is 24.9. The molecule has 1 amide bonds. The molecule has 1 saturated carbocycles. The number of amides is 1. The summed E-state index contributed by atoms with van der Waals surface area (Å²) in [5.41, 5.74) is 0.294. The molecule has 2 aliphatic heterocycles. The van der Waals surface area contributed by atoms with Crippen LogP contribution in [0.4, 0.5) is 11.6 Å². The maximum atomic E-state index is 13.6. The van der Waals surface area contributed by atoms with E-state index < -0.39 is 15.9 Å². The number of nitrogens with one attached hydrogen (secondary N) is 2. The van der Waals surface area contributed by atoms with Crippen molar-refractivity contribution in [3.8, 4) is 11.7 Å². The quantitative estimate of drug-likeness (QED) is 0.435. The van der Waals surface area contributed by atoms with Crippen LogP contribution < -0.4 is 19.7 Å². The molecule has 0 spiro atoms. The first-order valence-corrected chi connectivity index (χ1v) is 16.4. The molecule has 1 unspecified atom stereocenters. The van der Waals surface area contributed by atoms with Crippen LogP contribution in [0.2, 0.25) is 0 Å². The molecule has 43 heavy (non-hydrogen) atoms. The van der Waals surface area contributed by atoms with Crippen LogP contribution in [0, 0.1) is 22.7 Å². The van der Waals surface area contributed by atoms with E-state index in [1.54, 1.807) is 35.1 Å². The summed E-state index contributed by atoms with van der Waals surface area (Å²) in [7, 11) is -4.23. The molecule has 5 heterocycles. The van der Waals surface area contributed by atoms with Gasteiger partial charge in [0.05, 0.1) is 12.2 Å². The minimum atomic E-state index is -4.23. The standard InChI is InChI=1S/C31H41N7O4S/c1-29(2)17-20-9-8-15-32-23-10-7-11-26(33-23)43(40,41)36-28(39)21-12-13-24(34-27(21)37(29)18-20)38-16-14-25(35-38)42-19-22-30(3,4)31(22,5)6/h7,10-14,16,20,22H,8-9,15,17-19H2,1-6H3,(H,32,33)(H,36,39). The molecule has 1 aliphatic carbocycles. The molecule has 2 fully saturated rings. The number of carbonyl (C=O) groups is 1. The average Bonchev–Trinajstić information content (AvgIpc) is 3.33. The van der Waals surface area contributed by atoms with Gasteiger partial charge in [-0.25, -0.2) is 19.4 Å². The summed E-state index contributed by atoms with van der Waals surface area (Å²) in [5.74, 6) is 1.95. The van der Waals surface area contributed by atoms with Crippen molar-refractivity contribution in [3.05, 3.63) is 48.2 Å². The van der Waals surface area contributed by atoms with E-state index in [0.29, 0.717) is 54.9 Å². The number of sulfonamides is 1. The zero-order valence-electron chi connectivity index (χ0n) is 25.7. The lowest BCUT2D eigenvalue weighted by Gasteiger charge is -2.34. The SMILES string of the molecule is CC1(C)CC2CCCNc3cccc(n3)S(=O)(=O)NC(=O)c3ccc(-n4ccc(OCC5C(C)(C)C5(C)C)n4)nc3N1C2. The van der Waals surface area contributed by atoms with Crippen LogP contribution in [0.1, 0.15) is 71.2 Å². The molecule has 1 saturated heterocycles. The molecule has 3 aromatic heterocycles. The van der Waals surface area contributed by atoms with Gasteiger partial charge in [0.2, 0.25) is 5.88 Å². The molecular weight excluding hydrogens is 566 g/mol. The predicted molar refractivity (Wildman–Crippen MR) is 164 cm³/mol. The van der Waals surface area contributed by atoms with Gasteiger partial charge in [0, 0.05) is 36.8 Å². The van der Waals surface area contributed by atoms with Crippen LogP contribution in [0.3, 0.4) is 0 Å². The highest BCUT2D eigenvalue weighted by atomic mass is 32.2. The second-order valence-electron chi connectivity index (χ2n) is 13.8. The Morgan fingerprint density at radius 3 is 2.53 bits per heavy atom. The molecule has 6 rings (SSSR count). The monoisotopic (exact) mass is 607 g/mol. The fourth-order valence-corrected chi connectivity index (χ4v) is 7.77. The van der Waals surface area contributed by atoms with Crippen LogP contribution in [-0.4, -0.2) is 59.3 Å². The zero-order chi connectivity index (χ0) is 30.8. The zero-order valence-corrected chi connectivity index (χ0v) is 26.5. The van der Waals surface area contributed by atoms with Gasteiger partial charge in [-0.05, 0) is 74.1 Å². The number of anilines is 2. The minimum Gasteiger partial charge on any atom is -0.476 e. The summed E-state index contributed by atoms with van der Waals surface area (Å²) < 4.78 is 36.3. The number of aromatic nitrogens is 4. The van der Waals surface area contributed by atoms with Crippen LogP contribution >= 0.6 is 0 Å². The van der Waals surface area contributed by atoms with Crippen molar-refractivity contribution in [3.63, 3.8) is 0 Å². The van der Waals surface area contributed by atoms with Crippen LogP contribution in [0.5, 0.6) is 5.88 Å². The highest BCUT2D eigenvalue weighted by Crippen LogP contribution is 2.68. The number of hydrogen-bond donors (Lipinski definition) is 2. The maximum absolute atomic E-state index is 13.6. The highest BCUT2D eigenvalue weighted by Gasteiger charge is 2.64. The van der Waals surface area contributed by atoms with E-state index in [9.17, 15) is 13.2 Å². The Hall–Kier alpha value is -3.67. The molecule has 4 bridgehead atoms. The Morgan fingerprint density at radius 2 is 1.79 bits per heavy atom. The normalized spacial score (nSPS) is 23.7. The van der Waals surface area contributed by atoms with E-state index >= 15 is 0 Å². The van der Waals surface area contributed by atoms with Gasteiger partial charge in [-0.3, -0.25) is 4.79 Å². The van der Waals surface area contributed by atoms with Gasteiger partial charge in [0.1, 0.15) is 11.6 Å². The molecule has 12 heteroatoms. The molecule has 230 valence electrons. The molecule has 1 atom stereocenters. The predicted octanol–water partition coefficient (Wildman–Crippen LogP) is 4.65. The van der Waals surface area contributed by atoms with Crippen molar-refractivity contribution >= 4 is 27.6 Å². The van der Waals surface area contributed by atoms with Crippen molar-refractivity contribution in [1.29, 1.82) is 0 Å². The van der Waals surface area contributed by atoms with Gasteiger partial charge in [-0.15, -0.1) is 5.10 Å². The van der Waals surface area contributed by atoms with Crippen molar-refractivity contribution in [2.75, 3.05) is 29.9 Å². The van der Waals surface area contributed by atoms with Gasteiger partial charge >= 0.3 is 0 Å². The first-order chi connectivity index (χ1) is 20.2. The second-order valence-corrected chi connectivity index (χ2v) is 15.4. The lowest BCUT2D eigenvalue weighted by atomic mass is 9.93. The van der Waals surface area contributed by atoms with Gasteiger partial charge in [0.25, 0.3) is 15.9 Å². The van der Waals surface area contributed by atoms with Crippen LogP contribution in [0.25, 0.3) is 5.82 Å². The van der Waals surface area contributed by atoms with E-state index in [2.05, 4.69) is 66.6 Å². The van der Waals surface area contributed by atoms with E-state index in [1.807, 2.05) is 6.07 Å². The van der Waals surface area contributed by atoms with E-state index in [-0.39, 0.29) is 27.0 Å². The van der Waals surface area contributed by atoms with Gasteiger partial charge in [-0.1, -0.05) is 33.8 Å². The highest BCUT2D eigenvalue weighted by molar-refractivity contribution is 7.90. The minimum absolute atomic E-state index is 0.173. The molecule has 0 aromatic carbocycles. The van der Waals surface area contributed by atoms with Gasteiger partial charge < -0.3 is 15.0 Å². The summed E-state index contributed by atoms with van der Waals surface area (Å²) in [5, 5.41) is 7.61. The molecular formula is C31H41N7O4S. The number of hydrogen-bond acceptors (Lipinski definition) is 9. The second kappa shape index (κ2) is 10.2. The topological polar surface area (TPSA) is 131 Å². The van der Waals surface area contributed by atoms with E-state index in [1.165, 1.54) is 6.07 Å². The van der Waals surface area contributed by atoms with Crippen LogP contribution in [0.15, 0.2) is 47.6 Å². The number of pyridine rings is 2. The Bertz CT molecular complexity index is 1650. The number of carbonyl (C=O) groups excluding carboxylic acids is 1. The number of nitrogens with zero attached hydrogens (tertiary/aromatic N) is 5. The maximum Gasteiger partial charge on any atom is 0.281 e. The average molecular weight is 608 g/mol. The Balaban J connectivity index is 1.33. The number of rotatable bonds is 4. The summed E-state index contributed by atoms with van der Waals surface area (Å²) in [6.45, 7) is 15.3. The van der Waals surface area contributed by atoms with Crippen LogP contribution in [-0.2, 0) is 10.0 Å². The third kappa shape index (κ3) is 5.34. The Labute approximate surface area is 253 Å². The van der Waals surface area contributed by atoms with Gasteiger partial charge in [-0.2, -0.15) is 8.42 Å². The van der Waals surface area contributed by atoms with E-state index in [0.717, 1.165) is 19.3 Å². The third-order valence-corrected chi connectivity index (χ3v) is 11.4. The number of fused-ring (bicyclic) bond motifs is 6. The lowest BCUT2D eigenvalue weighted by Crippen LogP contribution is -2.41. The summed E-state index contributed by atoms with van der Waals surface area (Å²) in [6.07, 6.45) is 4.57. The molecule has 3 aliphatic rings. The number of ether oxygens (including phenoxy) is 1. The van der Waals surface area contributed by atoms with Crippen molar-refractivity contribution in [2.24, 2.45) is 22.7 Å². The Kier molecular flexibility index (Phi) is 6.98. The molecule has 0 radical (unpaired) electrons. The summed E-state index contributed by atoms with van der Waals surface area (Å²) in [6, 6.07) is 9.80. The molecule has 2 N–H and O–H groups in total. The van der Waals surface area contributed by atoms with E-state index in [4.69, 9.17) is 9.72 Å². The van der Waals surface area contributed by atoms with Gasteiger partial charge in [0.15, 0.2) is 10.8 Å². The van der Waals surface area contributed by atoms with Crippen molar-refractivity contribution in [1.82, 2.24) is 24.5 Å². The Morgan fingerprint density at radius 1 is 1.02 bits per heavy atom. The first-order valence-electron chi connectivity index (χ1n) is 14.9. The summed E-state index contributed by atoms with van der Waals surface area (Å²) >= 11 is 0. The fourth-order valence-electron chi connectivity index (χ4n) is 6.83. The largest absolute Gasteiger partial charge is 0.476 e. The lowest BCUT2D eigenvalue weighted by molar-refractivity contribution is 0.0981. The third-order valence-electron chi connectivity index (χ3n) is 10.2. The first kappa shape index (κ1) is 29.4. The van der Waals surface area contributed by atoms with Crippen molar-refractivity contribution < 1.29 is 17.9 Å². The smallest absolute Gasteiger partial charge is 0.281 e. The molecule has 3 aromatic rings. The fraction of sp³-hybridized carbons (Fsp3) is 0.548. The molecule has 11 nitrogen and oxygen atoms in total.